The Balaban J connectivity index is 1.36. The van der Waals surface area contributed by atoms with Crippen LogP contribution in [0.1, 0.15) is 49.9 Å². The highest BCUT2D eigenvalue weighted by Gasteiger charge is 2.42. The molecule has 0 unspecified atom stereocenters. The molecule has 1 nitrogen and oxygen atoms in total. The number of fused-ring (bicyclic) bond motifs is 11. The number of para-hydroxylation sites is 1. The molecule has 0 aromatic heterocycles. The SMILES string of the molecule is CC1(C)c2ccccc2-c2cc3c(cc21)N(c1ccc2c4ccc(Br)cc4c4ccccc4c2c1)c1ccccc1C3(C)C. The molecule has 2 aliphatic rings. The zero-order chi connectivity index (χ0) is 30.0. The first kappa shape index (κ1) is 26.0. The second-order valence-electron chi connectivity index (χ2n) is 13.5. The fourth-order valence-electron chi connectivity index (χ4n) is 8.23. The third-order valence-corrected chi connectivity index (χ3v) is 11.0. The summed E-state index contributed by atoms with van der Waals surface area (Å²) in [7, 11) is 0. The predicted octanol–water partition coefficient (Wildman–Crippen LogP) is 12.3. The Labute approximate surface area is 266 Å². The van der Waals surface area contributed by atoms with Gasteiger partial charge in [0.25, 0.3) is 0 Å². The third kappa shape index (κ3) is 3.35. The molecule has 7 aromatic carbocycles. The summed E-state index contributed by atoms with van der Waals surface area (Å²) in [5.74, 6) is 0. The lowest BCUT2D eigenvalue weighted by atomic mass is 9.71. The minimum absolute atomic E-state index is 0.0689. The van der Waals surface area contributed by atoms with Crippen molar-refractivity contribution in [2.45, 2.75) is 38.5 Å². The fraction of sp³-hybridized carbons (Fsp3) is 0.143. The molecule has 0 N–H and O–H groups in total. The van der Waals surface area contributed by atoms with Crippen molar-refractivity contribution in [3.8, 4) is 11.1 Å². The fourth-order valence-corrected chi connectivity index (χ4v) is 8.59. The van der Waals surface area contributed by atoms with Gasteiger partial charge < -0.3 is 4.90 Å². The number of hydrogen-bond donors (Lipinski definition) is 0. The Morgan fingerprint density at radius 2 is 1.02 bits per heavy atom. The van der Waals surface area contributed by atoms with E-state index in [0.29, 0.717) is 0 Å². The smallest absolute Gasteiger partial charge is 0.0506 e. The molecule has 1 aliphatic carbocycles. The van der Waals surface area contributed by atoms with Gasteiger partial charge >= 0.3 is 0 Å². The largest absolute Gasteiger partial charge is 0.310 e. The predicted molar refractivity (Wildman–Crippen MR) is 191 cm³/mol. The van der Waals surface area contributed by atoms with Crippen LogP contribution in [0.25, 0.3) is 43.4 Å². The molecule has 0 fully saturated rings. The van der Waals surface area contributed by atoms with E-state index in [4.69, 9.17) is 0 Å². The van der Waals surface area contributed by atoms with E-state index >= 15 is 0 Å². The van der Waals surface area contributed by atoms with Gasteiger partial charge in [0.1, 0.15) is 0 Å². The highest BCUT2D eigenvalue weighted by atomic mass is 79.9. The second-order valence-corrected chi connectivity index (χ2v) is 14.4. The maximum atomic E-state index is 3.72. The molecule has 44 heavy (non-hydrogen) atoms. The first-order chi connectivity index (χ1) is 21.2. The zero-order valence-corrected chi connectivity index (χ0v) is 27.0. The van der Waals surface area contributed by atoms with Gasteiger partial charge in [0.05, 0.1) is 11.4 Å². The monoisotopic (exact) mass is 629 g/mol. The summed E-state index contributed by atoms with van der Waals surface area (Å²) in [5.41, 5.74) is 11.8. The van der Waals surface area contributed by atoms with Gasteiger partial charge in [-0.3, -0.25) is 0 Å². The van der Waals surface area contributed by atoms with Crippen LogP contribution in [0.3, 0.4) is 0 Å². The van der Waals surface area contributed by atoms with Gasteiger partial charge in [0.15, 0.2) is 0 Å². The molecular weight excluding hydrogens is 598 g/mol. The number of rotatable bonds is 1. The summed E-state index contributed by atoms with van der Waals surface area (Å²) in [6.45, 7) is 9.53. The summed E-state index contributed by atoms with van der Waals surface area (Å²) in [5, 5.41) is 7.70. The van der Waals surface area contributed by atoms with E-state index in [-0.39, 0.29) is 10.8 Å². The highest BCUT2D eigenvalue weighted by molar-refractivity contribution is 9.10. The van der Waals surface area contributed by atoms with Crippen LogP contribution < -0.4 is 4.90 Å². The summed E-state index contributed by atoms with van der Waals surface area (Å²) in [4.78, 5) is 2.52. The van der Waals surface area contributed by atoms with E-state index in [0.717, 1.165) is 4.47 Å². The molecule has 2 heteroatoms. The maximum Gasteiger partial charge on any atom is 0.0506 e. The lowest BCUT2D eigenvalue weighted by Crippen LogP contribution is -2.31. The highest BCUT2D eigenvalue weighted by Crippen LogP contribution is 2.57. The topological polar surface area (TPSA) is 3.24 Å². The van der Waals surface area contributed by atoms with Crippen LogP contribution in [0.5, 0.6) is 0 Å². The van der Waals surface area contributed by atoms with Gasteiger partial charge in [-0.1, -0.05) is 122 Å². The van der Waals surface area contributed by atoms with Gasteiger partial charge in [-0.2, -0.15) is 0 Å². The van der Waals surface area contributed by atoms with E-state index in [1.54, 1.807) is 0 Å². The molecule has 0 bridgehead atoms. The van der Waals surface area contributed by atoms with Crippen LogP contribution in [0, 0.1) is 0 Å². The summed E-state index contributed by atoms with van der Waals surface area (Å²) < 4.78 is 1.10. The van der Waals surface area contributed by atoms with Crippen molar-refractivity contribution < 1.29 is 0 Å². The molecule has 9 rings (SSSR count). The minimum atomic E-state index is -0.147. The molecule has 0 radical (unpaired) electrons. The number of benzene rings is 7. The van der Waals surface area contributed by atoms with E-state index < -0.39 is 0 Å². The molecule has 0 atom stereocenters. The Bertz CT molecular complexity index is 2340. The molecule has 0 saturated carbocycles. The summed E-state index contributed by atoms with van der Waals surface area (Å²) >= 11 is 3.72. The molecule has 212 valence electrons. The van der Waals surface area contributed by atoms with Crippen LogP contribution in [0.15, 0.2) is 126 Å². The van der Waals surface area contributed by atoms with E-state index in [2.05, 4.69) is 170 Å². The van der Waals surface area contributed by atoms with Crippen LogP contribution in [0.4, 0.5) is 17.1 Å². The van der Waals surface area contributed by atoms with Gasteiger partial charge in [-0.15, -0.1) is 0 Å². The second kappa shape index (κ2) is 8.83. The van der Waals surface area contributed by atoms with E-state index in [1.807, 2.05) is 0 Å². The molecule has 7 aromatic rings. The van der Waals surface area contributed by atoms with Crippen molar-refractivity contribution in [3.63, 3.8) is 0 Å². The molecule has 0 spiro atoms. The molecule has 1 heterocycles. The summed E-state index contributed by atoms with van der Waals surface area (Å²) in [6, 6.07) is 45.6. The van der Waals surface area contributed by atoms with Crippen molar-refractivity contribution in [2.24, 2.45) is 0 Å². The average molecular weight is 631 g/mol. The molecule has 0 saturated heterocycles. The van der Waals surface area contributed by atoms with Crippen LogP contribution in [0.2, 0.25) is 0 Å². The van der Waals surface area contributed by atoms with Crippen LogP contribution in [-0.4, -0.2) is 0 Å². The number of halogens is 1. The van der Waals surface area contributed by atoms with Crippen LogP contribution in [-0.2, 0) is 10.8 Å². The Kier molecular flexibility index (Phi) is 5.23. The van der Waals surface area contributed by atoms with E-state index in [1.165, 1.54) is 82.8 Å². The van der Waals surface area contributed by atoms with Crippen molar-refractivity contribution >= 4 is 65.3 Å². The first-order valence-electron chi connectivity index (χ1n) is 15.5. The maximum absolute atomic E-state index is 3.72. The molecule has 0 amide bonds. The zero-order valence-electron chi connectivity index (χ0n) is 25.4. The van der Waals surface area contributed by atoms with Gasteiger partial charge in [0.2, 0.25) is 0 Å². The van der Waals surface area contributed by atoms with Gasteiger partial charge in [-0.05, 0) is 108 Å². The Hall–Kier alpha value is -4.40. The van der Waals surface area contributed by atoms with Crippen molar-refractivity contribution in [1.29, 1.82) is 0 Å². The Morgan fingerprint density at radius 3 is 1.80 bits per heavy atom. The third-order valence-electron chi connectivity index (χ3n) is 10.5. The number of nitrogens with zero attached hydrogens (tertiary/aromatic N) is 1. The standard InChI is InChI=1S/C42H32BrN/c1-41(2)35-14-8-7-13-31(35)34-23-38-40(24-37(34)41)44(39-16-10-9-15-36(39)42(38,3)4)26-18-20-30-29-19-17-25(43)21-32(29)27-11-5-6-12-28(27)33(30)22-26/h5-24H,1-4H3. The lowest BCUT2D eigenvalue weighted by molar-refractivity contribution is 0.627. The number of anilines is 3. The Morgan fingerprint density at radius 1 is 0.432 bits per heavy atom. The number of hydrogen-bond acceptors (Lipinski definition) is 1. The normalized spacial score (nSPS) is 15.7. The van der Waals surface area contributed by atoms with Gasteiger partial charge in [0, 0.05) is 21.0 Å². The van der Waals surface area contributed by atoms with Gasteiger partial charge in [-0.25, -0.2) is 0 Å². The lowest BCUT2D eigenvalue weighted by Gasteiger charge is -2.43. The quantitative estimate of drug-likeness (QED) is 0.163. The van der Waals surface area contributed by atoms with Crippen molar-refractivity contribution in [1.82, 2.24) is 0 Å². The van der Waals surface area contributed by atoms with Crippen molar-refractivity contribution in [2.75, 3.05) is 4.90 Å². The average Bonchev–Trinajstić information content (AvgIpc) is 3.26. The van der Waals surface area contributed by atoms with E-state index in [9.17, 15) is 0 Å². The molecular formula is C42H32BrN. The first-order valence-corrected chi connectivity index (χ1v) is 16.3. The minimum Gasteiger partial charge on any atom is -0.310 e. The van der Waals surface area contributed by atoms with Crippen LogP contribution >= 0.6 is 15.9 Å². The molecule has 1 aliphatic heterocycles. The van der Waals surface area contributed by atoms with Crippen molar-refractivity contribution in [3.05, 3.63) is 148 Å². The summed E-state index contributed by atoms with van der Waals surface area (Å²) in [6.07, 6.45) is 0.